The molecule has 20 heavy (non-hydrogen) atoms. The van der Waals surface area contributed by atoms with Crippen LogP contribution in [-0.4, -0.2) is 23.2 Å². The molecule has 2 rings (SSSR count). The minimum atomic E-state index is -1.00. The molecule has 1 aromatic heterocycles. The van der Waals surface area contributed by atoms with Crippen LogP contribution in [0.2, 0.25) is 0 Å². The van der Waals surface area contributed by atoms with E-state index in [9.17, 15) is 4.79 Å². The molecule has 0 saturated heterocycles. The minimum Gasteiger partial charge on any atom is -0.493 e. The van der Waals surface area contributed by atoms with Gasteiger partial charge in [-0.2, -0.15) is 0 Å². The second-order valence-corrected chi connectivity index (χ2v) is 5.50. The van der Waals surface area contributed by atoms with Crippen LogP contribution in [-0.2, 0) is 6.61 Å². The lowest BCUT2D eigenvalue weighted by Crippen LogP contribution is -2.01. The molecule has 0 aliphatic heterocycles. The predicted octanol–water partition coefficient (Wildman–Crippen LogP) is 3.05. The summed E-state index contributed by atoms with van der Waals surface area (Å²) in [4.78, 5) is 16.5. The van der Waals surface area contributed by atoms with Crippen molar-refractivity contribution in [2.75, 3.05) is 7.11 Å². The summed E-state index contributed by atoms with van der Waals surface area (Å²) in [5.41, 5.74) is 1.15. The summed E-state index contributed by atoms with van der Waals surface area (Å²) in [5.74, 6) is -0.101. The maximum Gasteiger partial charge on any atom is 0.335 e. The quantitative estimate of drug-likeness (QED) is 0.917. The normalized spacial score (nSPS) is 10.3. The zero-order chi connectivity index (χ0) is 14.7. The third-order valence-corrected chi connectivity index (χ3v) is 3.88. The van der Waals surface area contributed by atoms with Crippen LogP contribution >= 0.6 is 11.3 Å². The number of aromatic nitrogens is 1. The van der Waals surface area contributed by atoms with Crippen molar-refractivity contribution in [2.24, 2.45) is 0 Å². The molecule has 0 saturated carbocycles. The first kappa shape index (κ1) is 14.3. The number of carboxylic acids is 1. The Hall–Kier alpha value is -2.08. The van der Waals surface area contributed by atoms with E-state index in [0.29, 0.717) is 18.1 Å². The van der Waals surface area contributed by atoms with E-state index in [4.69, 9.17) is 14.6 Å². The highest BCUT2D eigenvalue weighted by atomic mass is 32.1. The molecule has 1 aromatic carbocycles. The molecule has 2 aromatic rings. The van der Waals surface area contributed by atoms with Crippen LogP contribution in [0.25, 0.3) is 0 Å². The van der Waals surface area contributed by atoms with Gasteiger partial charge in [-0.1, -0.05) is 0 Å². The number of nitrogens with zero attached hydrogens (tertiary/aromatic N) is 1. The fraction of sp³-hybridized carbons (Fsp3) is 0.286. The summed E-state index contributed by atoms with van der Waals surface area (Å²) in [6.45, 7) is 4.24. The molecule has 106 valence electrons. The van der Waals surface area contributed by atoms with Gasteiger partial charge < -0.3 is 14.6 Å². The Morgan fingerprint density at radius 3 is 2.65 bits per heavy atom. The van der Waals surface area contributed by atoms with Crippen molar-refractivity contribution in [3.63, 3.8) is 0 Å². The van der Waals surface area contributed by atoms with E-state index in [-0.39, 0.29) is 5.56 Å². The monoisotopic (exact) mass is 293 g/mol. The summed E-state index contributed by atoms with van der Waals surface area (Å²) in [5, 5.41) is 9.84. The molecular weight excluding hydrogens is 278 g/mol. The average Bonchev–Trinajstić information content (AvgIpc) is 2.75. The maximum absolute atomic E-state index is 11.0. The van der Waals surface area contributed by atoms with Crippen molar-refractivity contribution in [2.45, 2.75) is 20.5 Å². The second-order valence-electron chi connectivity index (χ2n) is 4.21. The summed E-state index contributed by atoms with van der Waals surface area (Å²) in [6, 6.07) is 4.51. The number of ether oxygens (including phenoxy) is 2. The van der Waals surface area contributed by atoms with Gasteiger partial charge in [0.25, 0.3) is 0 Å². The van der Waals surface area contributed by atoms with E-state index in [1.807, 2.05) is 13.8 Å². The van der Waals surface area contributed by atoms with E-state index >= 15 is 0 Å². The largest absolute Gasteiger partial charge is 0.493 e. The van der Waals surface area contributed by atoms with Crippen LogP contribution in [0.5, 0.6) is 11.5 Å². The Balaban J connectivity index is 2.18. The minimum absolute atomic E-state index is 0.160. The van der Waals surface area contributed by atoms with Crippen LogP contribution in [0, 0.1) is 13.8 Å². The lowest BCUT2D eigenvalue weighted by molar-refractivity contribution is 0.0696. The molecule has 0 atom stereocenters. The number of benzene rings is 1. The number of aryl methyl sites for hydroxylation is 2. The number of carbonyl (C=O) groups is 1. The fourth-order valence-electron chi connectivity index (χ4n) is 1.66. The predicted molar refractivity (Wildman–Crippen MR) is 75.9 cm³/mol. The van der Waals surface area contributed by atoms with Gasteiger partial charge in [0.05, 0.1) is 18.4 Å². The Kier molecular flexibility index (Phi) is 4.24. The highest BCUT2D eigenvalue weighted by Gasteiger charge is 2.11. The van der Waals surface area contributed by atoms with Crippen molar-refractivity contribution in [1.82, 2.24) is 4.98 Å². The van der Waals surface area contributed by atoms with Crippen LogP contribution in [0.3, 0.4) is 0 Å². The van der Waals surface area contributed by atoms with Crippen LogP contribution < -0.4 is 9.47 Å². The molecule has 1 heterocycles. The molecule has 0 aliphatic rings. The van der Waals surface area contributed by atoms with E-state index in [2.05, 4.69) is 4.98 Å². The van der Waals surface area contributed by atoms with Gasteiger partial charge in [-0.05, 0) is 32.0 Å². The molecule has 0 unspecified atom stereocenters. The molecule has 0 amide bonds. The van der Waals surface area contributed by atoms with Gasteiger partial charge in [-0.15, -0.1) is 11.3 Å². The van der Waals surface area contributed by atoms with Crippen LogP contribution in [0.1, 0.15) is 25.9 Å². The van der Waals surface area contributed by atoms with E-state index < -0.39 is 5.97 Å². The van der Waals surface area contributed by atoms with Crippen molar-refractivity contribution in [1.29, 1.82) is 0 Å². The summed E-state index contributed by atoms with van der Waals surface area (Å²) in [6.07, 6.45) is 0. The van der Waals surface area contributed by atoms with Gasteiger partial charge in [-0.3, -0.25) is 0 Å². The lowest BCUT2D eigenvalue weighted by Gasteiger charge is -2.10. The third kappa shape index (κ3) is 3.08. The lowest BCUT2D eigenvalue weighted by atomic mass is 10.2. The summed E-state index contributed by atoms with van der Waals surface area (Å²) >= 11 is 1.56. The van der Waals surface area contributed by atoms with E-state index in [1.165, 1.54) is 19.2 Å². The van der Waals surface area contributed by atoms with Crippen molar-refractivity contribution in [3.05, 3.63) is 39.3 Å². The first-order valence-corrected chi connectivity index (χ1v) is 6.80. The molecule has 5 nitrogen and oxygen atoms in total. The number of thiazole rings is 1. The number of rotatable bonds is 5. The Bertz CT molecular complexity index is 617. The number of methoxy groups -OCH3 is 1. The van der Waals surface area contributed by atoms with Crippen molar-refractivity contribution >= 4 is 17.3 Å². The number of hydrogen-bond donors (Lipinski definition) is 1. The van der Waals surface area contributed by atoms with Gasteiger partial charge in [-0.25, -0.2) is 9.78 Å². The Labute approximate surface area is 120 Å². The molecule has 1 N–H and O–H groups in total. The summed E-state index contributed by atoms with van der Waals surface area (Å²) in [7, 11) is 1.51. The smallest absolute Gasteiger partial charge is 0.335 e. The first-order valence-electron chi connectivity index (χ1n) is 5.98. The highest BCUT2D eigenvalue weighted by molar-refractivity contribution is 7.11. The molecule has 6 heteroatoms. The van der Waals surface area contributed by atoms with E-state index in [0.717, 1.165) is 15.6 Å². The van der Waals surface area contributed by atoms with Gasteiger partial charge in [0.1, 0.15) is 11.6 Å². The van der Waals surface area contributed by atoms with Gasteiger partial charge in [0.2, 0.25) is 0 Å². The van der Waals surface area contributed by atoms with Gasteiger partial charge in [0.15, 0.2) is 11.5 Å². The fourth-order valence-corrected chi connectivity index (χ4v) is 2.51. The summed E-state index contributed by atoms with van der Waals surface area (Å²) < 4.78 is 10.8. The molecule has 0 spiro atoms. The first-order chi connectivity index (χ1) is 9.51. The Morgan fingerprint density at radius 1 is 1.35 bits per heavy atom. The van der Waals surface area contributed by atoms with Crippen molar-refractivity contribution < 1.29 is 19.4 Å². The zero-order valence-corrected chi connectivity index (χ0v) is 12.3. The number of carboxylic acid groups (broad SMARTS) is 1. The highest BCUT2D eigenvalue weighted by Crippen LogP contribution is 2.29. The van der Waals surface area contributed by atoms with Crippen LogP contribution in [0.15, 0.2) is 18.2 Å². The second kappa shape index (κ2) is 5.92. The van der Waals surface area contributed by atoms with E-state index in [1.54, 1.807) is 17.4 Å². The third-order valence-electron chi connectivity index (χ3n) is 2.83. The zero-order valence-electron chi connectivity index (χ0n) is 11.5. The van der Waals surface area contributed by atoms with Crippen molar-refractivity contribution in [3.8, 4) is 11.5 Å². The molecule has 0 aliphatic carbocycles. The SMILES string of the molecule is COc1ccc(C(=O)O)cc1OCc1nc(C)c(C)s1. The molecule has 0 bridgehead atoms. The molecular formula is C14H15NO4S. The van der Waals surface area contributed by atoms with Gasteiger partial charge >= 0.3 is 5.97 Å². The maximum atomic E-state index is 11.0. The van der Waals surface area contributed by atoms with Crippen LogP contribution in [0.4, 0.5) is 0 Å². The number of hydrogen-bond acceptors (Lipinski definition) is 5. The Morgan fingerprint density at radius 2 is 2.10 bits per heavy atom. The number of aromatic carboxylic acids is 1. The topological polar surface area (TPSA) is 68.7 Å². The molecule has 0 radical (unpaired) electrons. The van der Waals surface area contributed by atoms with Gasteiger partial charge in [0, 0.05) is 4.88 Å². The average molecular weight is 293 g/mol. The standard InChI is InChI=1S/C14H15NO4S/c1-8-9(2)20-13(15-8)7-19-12-6-10(14(16)17)4-5-11(12)18-3/h4-6H,7H2,1-3H3,(H,16,17). The molecule has 0 fully saturated rings.